The van der Waals surface area contributed by atoms with Crippen molar-refractivity contribution in [1.29, 1.82) is 0 Å². The van der Waals surface area contributed by atoms with Crippen molar-refractivity contribution in [2.75, 3.05) is 0 Å². The fraction of sp³-hybridized carbons (Fsp3) is 0.216. The first-order chi connectivity index (χ1) is 29.3. The van der Waals surface area contributed by atoms with Crippen molar-refractivity contribution >= 4 is 0 Å². The lowest BCUT2D eigenvalue weighted by atomic mass is 9.86. The maximum atomic E-state index is 15.2. The minimum absolute atomic E-state index is 0.0358. The minimum atomic E-state index is -2.95. The molecule has 0 heterocycles. The lowest BCUT2D eigenvalue weighted by molar-refractivity contribution is -0.0498. The molecule has 0 bridgehead atoms. The Bertz CT molecular complexity index is 2330. The van der Waals surface area contributed by atoms with E-state index in [1.54, 1.807) is 86.6 Å². The second-order valence-electron chi connectivity index (χ2n) is 15.0. The smallest absolute Gasteiger partial charge is 0.387 e. The molecule has 1 N–H and O–H groups in total. The van der Waals surface area contributed by atoms with E-state index in [-0.39, 0.29) is 36.2 Å². The second kappa shape index (κ2) is 22.3. The standard InChI is InChI=1S/C26H24F4O2.C25H24F2O2/c1-17(2)24(19-11-13-21(14-12-19)32-26(29)30)25(28)23(27)16-18-7-6-10-22(15-18)31-20-8-4-3-5-9-20;1-17(2)24(19-11-13-20(28)14-12-19)25(27)23(26)16-18-7-6-10-22(15-18)29-21-8-4-3-5-9-21/h3-15,17,24,26H,16H2,1-2H3;3-15,17,24,28H,16H2,1-2H3/b2*25-23+. The number of aromatic hydroxyl groups is 1. The number of phenolic OH excluding ortho intramolecular Hbond substituents is 1. The molecule has 10 heteroatoms. The summed E-state index contributed by atoms with van der Waals surface area (Å²) in [7, 11) is 0. The molecule has 6 rings (SSSR count). The van der Waals surface area contributed by atoms with E-state index < -0.39 is 41.8 Å². The second-order valence-corrected chi connectivity index (χ2v) is 15.0. The predicted molar refractivity (Wildman–Crippen MR) is 228 cm³/mol. The van der Waals surface area contributed by atoms with Gasteiger partial charge in [0.2, 0.25) is 0 Å². The molecule has 61 heavy (non-hydrogen) atoms. The first kappa shape index (κ1) is 45.7. The van der Waals surface area contributed by atoms with Crippen molar-refractivity contribution in [2.45, 2.75) is 59.0 Å². The average Bonchev–Trinajstić information content (AvgIpc) is 3.23. The van der Waals surface area contributed by atoms with Crippen LogP contribution in [0.5, 0.6) is 34.5 Å². The maximum Gasteiger partial charge on any atom is 0.387 e. The van der Waals surface area contributed by atoms with Gasteiger partial charge < -0.3 is 19.3 Å². The van der Waals surface area contributed by atoms with Gasteiger partial charge in [0.15, 0.2) is 0 Å². The van der Waals surface area contributed by atoms with Gasteiger partial charge in [-0.3, -0.25) is 0 Å². The third-order valence-electron chi connectivity index (χ3n) is 9.59. The summed E-state index contributed by atoms with van der Waals surface area (Å²) in [4.78, 5) is 0. The van der Waals surface area contributed by atoms with Crippen molar-refractivity contribution < 1.29 is 45.7 Å². The number of hydrogen-bond acceptors (Lipinski definition) is 4. The Balaban J connectivity index is 0.000000232. The zero-order valence-electron chi connectivity index (χ0n) is 34.3. The van der Waals surface area contributed by atoms with E-state index in [0.717, 1.165) is 0 Å². The van der Waals surface area contributed by atoms with Crippen LogP contribution >= 0.6 is 0 Å². The molecular weight excluding hydrogens is 791 g/mol. The summed E-state index contributed by atoms with van der Waals surface area (Å²) in [5.41, 5.74) is 2.30. The number of ether oxygens (including phenoxy) is 3. The summed E-state index contributed by atoms with van der Waals surface area (Å²) in [6, 6.07) is 44.1. The summed E-state index contributed by atoms with van der Waals surface area (Å²) >= 11 is 0. The van der Waals surface area contributed by atoms with E-state index in [9.17, 15) is 22.7 Å². The van der Waals surface area contributed by atoms with Gasteiger partial charge in [-0.05, 0) is 107 Å². The number of hydrogen-bond donors (Lipinski definition) is 1. The number of phenols is 1. The van der Waals surface area contributed by atoms with Crippen molar-refractivity contribution in [1.82, 2.24) is 0 Å². The van der Waals surface area contributed by atoms with E-state index >= 15 is 8.78 Å². The summed E-state index contributed by atoms with van der Waals surface area (Å²) in [5, 5.41) is 9.46. The zero-order valence-corrected chi connectivity index (χ0v) is 34.3. The summed E-state index contributed by atoms with van der Waals surface area (Å²) < 4.78 is 101. The fourth-order valence-corrected chi connectivity index (χ4v) is 6.74. The summed E-state index contributed by atoms with van der Waals surface area (Å²) in [5.74, 6) is -2.81. The van der Waals surface area contributed by atoms with Crippen molar-refractivity contribution in [3.05, 3.63) is 203 Å². The average molecular weight is 839 g/mol. The summed E-state index contributed by atoms with van der Waals surface area (Å²) in [6.45, 7) is 4.29. The Morgan fingerprint density at radius 1 is 0.459 bits per heavy atom. The Kier molecular flexibility index (Phi) is 16.7. The van der Waals surface area contributed by atoms with Crippen molar-refractivity contribution in [3.63, 3.8) is 0 Å². The predicted octanol–water partition coefficient (Wildman–Crippen LogP) is 15.5. The summed E-state index contributed by atoms with van der Waals surface area (Å²) in [6.07, 6.45) is -0.382. The number of para-hydroxylation sites is 2. The highest BCUT2D eigenvalue weighted by Gasteiger charge is 2.26. The maximum absolute atomic E-state index is 15.2. The number of rotatable bonds is 16. The highest BCUT2D eigenvalue weighted by atomic mass is 19.3. The van der Waals surface area contributed by atoms with Gasteiger partial charge in [-0.25, -0.2) is 17.6 Å². The SMILES string of the molecule is CC(C)C(/C(F)=C(\F)Cc1cccc(Oc2ccccc2)c1)c1ccc(O)cc1.CC(C)C(/C(F)=C(\F)Cc1cccc(Oc2ccccc2)c1)c1ccc(OC(F)F)cc1. The van der Waals surface area contributed by atoms with Gasteiger partial charge in [-0.15, -0.1) is 0 Å². The molecule has 0 saturated heterocycles. The first-order valence-corrected chi connectivity index (χ1v) is 19.8. The van der Waals surface area contributed by atoms with E-state index in [1.165, 1.54) is 36.4 Å². The molecule has 0 aliphatic carbocycles. The number of allylic oxidation sites excluding steroid dienone is 4. The van der Waals surface area contributed by atoms with Gasteiger partial charge >= 0.3 is 6.61 Å². The Hall–Kier alpha value is -6.42. The Morgan fingerprint density at radius 2 is 0.836 bits per heavy atom. The number of alkyl halides is 2. The fourth-order valence-electron chi connectivity index (χ4n) is 6.74. The molecule has 4 nitrogen and oxygen atoms in total. The number of halogens is 6. The van der Waals surface area contributed by atoms with Gasteiger partial charge in [0.25, 0.3) is 0 Å². The molecule has 0 fully saturated rings. The van der Waals surface area contributed by atoms with Crippen LogP contribution in [-0.4, -0.2) is 11.7 Å². The van der Waals surface area contributed by atoms with Crippen LogP contribution in [0.4, 0.5) is 26.3 Å². The topological polar surface area (TPSA) is 47.9 Å². The highest BCUT2D eigenvalue weighted by Crippen LogP contribution is 2.38. The lowest BCUT2D eigenvalue weighted by Gasteiger charge is -2.21. The highest BCUT2D eigenvalue weighted by molar-refractivity contribution is 5.39. The molecule has 0 aromatic heterocycles. The molecule has 0 saturated carbocycles. The monoisotopic (exact) mass is 838 g/mol. The molecule has 318 valence electrons. The van der Waals surface area contributed by atoms with Crippen LogP contribution in [0.1, 0.15) is 61.8 Å². The lowest BCUT2D eigenvalue weighted by Crippen LogP contribution is -2.10. The molecule has 0 aliphatic heterocycles. The quantitative estimate of drug-likeness (QED) is 0.0987. The minimum Gasteiger partial charge on any atom is -0.508 e. The first-order valence-electron chi connectivity index (χ1n) is 19.8. The van der Waals surface area contributed by atoms with Crippen LogP contribution < -0.4 is 14.2 Å². The molecule has 0 amide bonds. The normalized spacial score (nSPS) is 13.1. The van der Waals surface area contributed by atoms with E-state index in [2.05, 4.69) is 4.74 Å². The molecule has 0 spiro atoms. The van der Waals surface area contributed by atoms with Crippen LogP contribution in [0, 0.1) is 11.8 Å². The third kappa shape index (κ3) is 13.8. The van der Waals surface area contributed by atoms with Crippen LogP contribution in [0.2, 0.25) is 0 Å². The zero-order chi connectivity index (χ0) is 43.9. The third-order valence-corrected chi connectivity index (χ3v) is 9.59. The number of benzene rings is 6. The Morgan fingerprint density at radius 3 is 1.21 bits per heavy atom. The van der Waals surface area contributed by atoms with Crippen molar-refractivity contribution in [3.8, 4) is 34.5 Å². The largest absolute Gasteiger partial charge is 0.508 e. The van der Waals surface area contributed by atoms with Crippen molar-refractivity contribution in [2.24, 2.45) is 11.8 Å². The molecule has 0 aliphatic rings. The molecular formula is C51H48F6O4. The van der Waals surface area contributed by atoms with Gasteiger partial charge in [0, 0.05) is 24.7 Å². The van der Waals surface area contributed by atoms with Gasteiger partial charge in [0.05, 0.1) is 0 Å². The molecule has 6 aromatic rings. The van der Waals surface area contributed by atoms with Crippen LogP contribution in [0.3, 0.4) is 0 Å². The van der Waals surface area contributed by atoms with Gasteiger partial charge in [-0.1, -0.05) is 113 Å². The molecule has 6 aromatic carbocycles. The van der Waals surface area contributed by atoms with Gasteiger partial charge in [-0.2, -0.15) is 8.78 Å². The van der Waals surface area contributed by atoms with Crippen LogP contribution in [0.25, 0.3) is 0 Å². The molecule has 2 unspecified atom stereocenters. The van der Waals surface area contributed by atoms with Gasteiger partial charge in [0.1, 0.15) is 57.8 Å². The molecule has 2 atom stereocenters. The van der Waals surface area contributed by atoms with Crippen LogP contribution in [0.15, 0.2) is 181 Å². The van der Waals surface area contributed by atoms with E-state index in [1.807, 2.05) is 62.4 Å². The molecule has 0 radical (unpaired) electrons. The Labute approximate surface area is 353 Å². The van der Waals surface area contributed by atoms with E-state index in [4.69, 9.17) is 9.47 Å². The van der Waals surface area contributed by atoms with E-state index in [0.29, 0.717) is 45.3 Å². The van der Waals surface area contributed by atoms with Crippen LogP contribution in [-0.2, 0) is 12.8 Å².